The summed E-state index contributed by atoms with van der Waals surface area (Å²) in [6.45, 7) is 9.94. The van der Waals surface area contributed by atoms with Gasteiger partial charge in [0.25, 0.3) is 0 Å². The van der Waals surface area contributed by atoms with Crippen LogP contribution in [0.5, 0.6) is 0 Å². The second-order valence-electron chi connectivity index (χ2n) is 6.63. The van der Waals surface area contributed by atoms with Gasteiger partial charge in [-0.25, -0.2) is 0 Å². The molecule has 0 N–H and O–H groups in total. The molecular formula is C16H18BN3O2S. The maximum absolute atomic E-state index is 9.48. The van der Waals surface area contributed by atoms with Gasteiger partial charge in [0.05, 0.1) is 22.8 Å². The van der Waals surface area contributed by atoms with Gasteiger partial charge in [-0.15, -0.1) is 10.2 Å². The number of aryl methyl sites for hydroxylation is 1. The van der Waals surface area contributed by atoms with Crippen molar-refractivity contribution < 1.29 is 9.31 Å². The number of benzene rings is 1. The Morgan fingerprint density at radius 1 is 1.13 bits per heavy atom. The molecule has 0 saturated carbocycles. The van der Waals surface area contributed by atoms with Crippen molar-refractivity contribution in [2.75, 3.05) is 0 Å². The number of hydrogen-bond acceptors (Lipinski definition) is 6. The standard InChI is InChI=1S/C16H18BN3O2S/c1-10-19-20-14(23-10)13-7-6-12(8-11(13)9-18)17-21-15(2,3)16(4,5)22-17/h6-8H,1-5H3. The van der Waals surface area contributed by atoms with Crippen LogP contribution in [-0.2, 0) is 9.31 Å². The Bertz CT molecular complexity index is 779. The molecule has 2 heterocycles. The van der Waals surface area contributed by atoms with Crippen LogP contribution in [0.3, 0.4) is 0 Å². The first-order chi connectivity index (χ1) is 10.7. The number of nitrogens with zero attached hydrogens (tertiary/aromatic N) is 3. The molecule has 23 heavy (non-hydrogen) atoms. The Hall–Kier alpha value is -1.75. The molecule has 1 aromatic carbocycles. The monoisotopic (exact) mass is 327 g/mol. The van der Waals surface area contributed by atoms with E-state index in [9.17, 15) is 5.26 Å². The molecule has 2 aromatic rings. The van der Waals surface area contributed by atoms with Gasteiger partial charge in [-0.1, -0.05) is 23.5 Å². The summed E-state index contributed by atoms with van der Waals surface area (Å²) in [6.07, 6.45) is 0. The normalized spacial score (nSPS) is 18.9. The first kappa shape index (κ1) is 16.1. The van der Waals surface area contributed by atoms with Crippen molar-refractivity contribution >= 4 is 23.9 Å². The van der Waals surface area contributed by atoms with Crippen molar-refractivity contribution in [3.05, 3.63) is 28.8 Å². The zero-order valence-corrected chi connectivity index (χ0v) is 14.7. The minimum Gasteiger partial charge on any atom is -0.399 e. The van der Waals surface area contributed by atoms with Gasteiger partial charge in [0, 0.05) is 5.56 Å². The molecule has 0 unspecified atom stereocenters. The molecule has 1 aromatic heterocycles. The third-order valence-corrected chi connectivity index (χ3v) is 5.32. The summed E-state index contributed by atoms with van der Waals surface area (Å²) >= 11 is 1.47. The zero-order chi connectivity index (χ0) is 16.8. The highest BCUT2D eigenvalue weighted by atomic mass is 32.1. The van der Waals surface area contributed by atoms with E-state index >= 15 is 0 Å². The lowest BCUT2D eigenvalue weighted by atomic mass is 9.78. The van der Waals surface area contributed by atoms with Crippen molar-refractivity contribution in [3.63, 3.8) is 0 Å². The predicted octanol–water partition coefficient (Wildman–Crippen LogP) is 2.68. The molecule has 0 amide bonds. The SMILES string of the molecule is Cc1nnc(-c2ccc(B3OC(C)(C)C(C)(C)O3)cc2C#N)s1. The van der Waals surface area contributed by atoms with Gasteiger partial charge in [0.15, 0.2) is 0 Å². The van der Waals surface area contributed by atoms with Crippen molar-refractivity contribution in [1.82, 2.24) is 10.2 Å². The largest absolute Gasteiger partial charge is 0.494 e. The van der Waals surface area contributed by atoms with Crippen LogP contribution in [0.2, 0.25) is 0 Å². The first-order valence-corrected chi connectivity index (χ1v) is 8.25. The third-order valence-electron chi connectivity index (χ3n) is 4.45. The average Bonchev–Trinajstić information content (AvgIpc) is 2.99. The summed E-state index contributed by atoms with van der Waals surface area (Å²) in [6, 6.07) is 7.86. The van der Waals surface area contributed by atoms with Gasteiger partial charge in [-0.05, 0) is 46.1 Å². The highest BCUT2D eigenvalue weighted by Gasteiger charge is 2.51. The minimum atomic E-state index is -0.475. The molecule has 3 rings (SSSR count). The summed E-state index contributed by atoms with van der Waals surface area (Å²) in [5.74, 6) is 0. The summed E-state index contributed by atoms with van der Waals surface area (Å²) in [5.41, 5.74) is 1.37. The lowest BCUT2D eigenvalue weighted by Gasteiger charge is -2.32. The van der Waals surface area contributed by atoms with Crippen LogP contribution < -0.4 is 5.46 Å². The zero-order valence-electron chi connectivity index (χ0n) is 13.9. The molecule has 1 aliphatic rings. The highest BCUT2D eigenvalue weighted by molar-refractivity contribution is 7.14. The van der Waals surface area contributed by atoms with Crippen LogP contribution >= 0.6 is 11.3 Å². The maximum Gasteiger partial charge on any atom is 0.494 e. The predicted molar refractivity (Wildman–Crippen MR) is 90.5 cm³/mol. The fourth-order valence-electron chi connectivity index (χ4n) is 2.37. The van der Waals surface area contributed by atoms with E-state index in [2.05, 4.69) is 16.3 Å². The Morgan fingerprint density at radius 3 is 2.30 bits per heavy atom. The molecule has 1 fully saturated rings. The maximum atomic E-state index is 9.48. The van der Waals surface area contributed by atoms with E-state index in [0.717, 1.165) is 21.0 Å². The molecule has 1 aliphatic heterocycles. The molecule has 0 spiro atoms. The molecule has 0 radical (unpaired) electrons. The van der Waals surface area contributed by atoms with E-state index in [1.54, 1.807) is 0 Å². The van der Waals surface area contributed by atoms with Crippen molar-refractivity contribution in [2.45, 2.75) is 45.8 Å². The average molecular weight is 327 g/mol. The Kier molecular flexibility index (Phi) is 3.79. The van der Waals surface area contributed by atoms with Crippen LogP contribution in [0.15, 0.2) is 18.2 Å². The van der Waals surface area contributed by atoms with E-state index in [4.69, 9.17) is 9.31 Å². The fourth-order valence-corrected chi connectivity index (χ4v) is 3.10. The number of aromatic nitrogens is 2. The van der Waals surface area contributed by atoms with Crippen LogP contribution in [-0.4, -0.2) is 28.5 Å². The lowest BCUT2D eigenvalue weighted by Crippen LogP contribution is -2.41. The van der Waals surface area contributed by atoms with Crippen LogP contribution in [0.25, 0.3) is 10.6 Å². The number of rotatable bonds is 2. The Balaban J connectivity index is 1.97. The van der Waals surface area contributed by atoms with E-state index in [-0.39, 0.29) is 0 Å². The quantitative estimate of drug-likeness (QED) is 0.793. The Labute approximate surface area is 140 Å². The second-order valence-corrected chi connectivity index (χ2v) is 7.81. The molecule has 118 valence electrons. The fraction of sp³-hybridized carbons (Fsp3) is 0.438. The van der Waals surface area contributed by atoms with Gasteiger partial charge >= 0.3 is 7.12 Å². The van der Waals surface area contributed by atoms with E-state index in [1.807, 2.05) is 52.8 Å². The van der Waals surface area contributed by atoms with Gasteiger partial charge in [-0.2, -0.15) is 5.26 Å². The number of hydrogen-bond donors (Lipinski definition) is 0. The van der Waals surface area contributed by atoms with E-state index in [0.29, 0.717) is 5.56 Å². The van der Waals surface area contributed by atoms with Crippen molar-refractivity contribution in [3.8, 4) is 16.6 Å². The summed E-state index contributed by atoms with van der Waals surface area (Å²) in [5, 5.41) is 19.2. The summed E-state index contributed by atoms with van der Waals surface area (Å²) in [4.78, 5) is 0. The van der Waals surface area contributed by atoms with E-state index < -0.39 is 18.3 Å². The molecule has 0 aliphatic carbocycles. The molecular weight excluding hydrogens is 309 g/mol. The van der Waals surface area contributed by atoms with Crippen LogP contribution in [0.1, 0.15) is 38.3 Å². The van der Waals surface area contributed by atoms with E-state index in [1.165, 1.54) is 11.3 Å². The summed E-state index contributed by atoms with van der Waals surface area (Å²) in [7, 11) is -0.475. The van der Waals surface area contributed by atoms with Gasteiger partial charge < -0.3 is 9.31 Å². The highest BCUT2D eigenvalue weighted by Crippen LogP contribution is 2.36. The van der Waals surface area contributed by atoms with Crippen molar-refractivity contribution in [1.29, 1.82) is 5.26 Å². The van der Waals surface area contributed by atoms with Crippen LogP contribution in [0, 0.1) is 18.3 Å². The lowest BCUT2D eigenvalue weighted by molar-refractivity contribution is 0.00578. The molecule has 7 heteroatoms. The Morgan fingerprint density at radius 2 is 1.78 bits per heavy atom. The third kappa shape index (κ3) is 2.78. The molecule has 0 bridgehead atoms. The van der Waals surface area contributed by atoms with Gasteiger partial charge in [0.1, 0.15) is 10.0 Å². The molecule has 5 nitrogen and oxygen atoms in total. The topological polar surface area (TPSA) is 68.0 Å². The minimum absolute atomic E-state index is 0.403. The summed E-state index contributed by atoms with van der Waals surface area (Å²) < 4.78 is 12.1. The van der Waals surface area contributed by atoms with Crippen LogP contribution in [0.4, 0.5) is 0 Å². The molecule has 0 atom stereocenters. The smallest absolute Gasteiger partial charge is 0.399 e. The van der Waals surface area contributed by atoms with Gasteiger partial charge in [-0.3, -0.25) is 0 Å². The molecule has 1 saturated heterocycles. The first-order valence-electron chi connectivity index (χ1n) is 7.44. The van der Waals surface area contributed by atoms with Gasteiger partial charge in [0.2, 0.25) is 0 Å². The van der Waals surface area contributed by atoms with Crippen molar-refractivity contribution in [2.24, 2.45) is 0 Å². The number of nitriles is 1. The second kappa shape index (κ2) is 5.41.